The van der Waals surface area contributed by atoms with Crippen LogP contribution in [0.25, 0.3) is 0 Å². The number of likely N-dealkylation sites (N-methyl/N-ethyl adjacent to an activating group) is 1. The molecule has 0 N–H and O–H groups in total. The maximum Gasteiger partial charge on any atom is 0.267 e. The molecule has 0 aromatic carbocycles. The molecule has 76 valence electrons. The van der Waals surface area contributed by atoms with Crippen molar-refractivity contribution in [2.75, 3.05) is 33.7 Å². The van der Waals surface area contributed by atoms with Crippen molar-refractivity contribution < 1.29 is 13.6 Å². The van der Waals surface area contributed by atoms with Gasteiger partial charge in [0.05, 0.1) is 13.1 Å². The molecular weight excluding hydrogens is 178 g/mol. The van der Waals surface area contributed by atoms with Crippen molar-refractivity contribution in [2.24, 2.45) is 0 Å². The second-order valence-electron chi connectivity index (χ2n) is 3.66. The van der Waals surface area contributed by atoms with E-state index in [1.165, 1.54) is 4.90 Å². The summed E-state index contributed by atoms with van der Waals surface area (Å²) in [5, 5.41) is 0. The Bertz CT molecular complexity index is 206. The normalized spacial score (nSPS) is 21.2. The van der Waals surface area contributed by atoms with Crippen LogP contribution in [0.3, 0.4) is 0 Å². The van der Waals surface area contributed by atoms with Gasteiger partial charge in [-0.1, -0.05) is 0 Å². The molecule has 0 bridgehead atoms. The van der Waals surface area contributed by atoms with Gasteiger partial charge in [-0.15, -0.1) is 0 Å². The third kappa shape index (κ3) is 2.91. The molecule has 13 heavy (non-hydrogen) atoms. The third-order valence-electron chi connectivity index (χ3n) is 1.97. The van der Waals surface area contributed by atoms with Crippen LogP contribution in [-0.2, 0) is 4.79 Å². The molecule has 1 fully saturated rings. The van der Waals surface area contributed by atoms with Crippen LogP contribution >= 0.6 is 0 Å². The third-order valence-corrected chi connectivity index (χ3v) is 1.97. The summed E-state index contributed by atoms with van der Waals surface area (Å²) in [6.45, 7) is -0.0323. The summed E-state index contributed by atoms with van der Waals surface area (Å²) < 4.78 is 25.4. The minimum Gasteiger partial charge on any atom is -0.335 e. The number of hydrogen-bond donors (Lipinski definition) is 0. The molecule has 1 aliphatic heterocycles. The summed E-state index contributed by atoms with van der Waals surface area (Å²) in [6.07, 6.45) is -0.202. The lowest BCUT2D eigenvalue weighted by Gasteiger charge is -2.18. The first kappa shape index (κ1) is 10.4. The van der Waals surface area contributed by atoms with Gasteiger partial charge in [0.2, 0.25) is 5.91 Å². The lowest BCUT2D eigenvalue weighted by Crippen LogP contribution is -2.37. The Labute approximate surface area is 76.3 Å². The van der Waals surface area contributed by atoms with Crippen LogP contribution in [0.2, 0.25) is 0 Å². The van der Waals surface area contributed by atoms with Crippen LogP contribution in [-0.4, -0.2) is 55.4 Å². The molecule has 5 heteroatoms. The van der Waals surface area contributed by atoms with Gasteiger partial charge < -0.3 is 9.80 Å². The zero-order chi connectivity index (χ0) is 10.1. The number of carbonyl (C=O) groups is 1. The average Bonchev–Trinajstić information content (AvgIpc) is 2.28. The smallest absolute Gasteiger partial charge is 0.267 e. The van der Waals surface area contributed by atoms with Crippen LogP contribution < -0.4 is 0 Å². The predicted octanol–water partition coefficient (Wildman–Crippen LogP) is 0.416. The number of alkyl halides is 2. The number of halogens is 2. The van der Waals surface area contributed by atoms with E-state index in [0.29, 0.717) is 0 Å². The topological polar surface area (TPSA) is 23.6 Å². The second kappa shape index (κ2) is 3.57. The fourth-order valence-corrected chi connectivity index (χ4v) is 1.32. The minimum absolute atomic E-state index is 0.180. The quantitative estimate of drug-likeness (QED) is 0.633. The summed E-state index contributed by atoms with van der Waals surface area (Å²) in [4.78, 5) is 14.2. The van der Waals surface area contributed by atoms with Gasteiger partial charge in [-0.25, -0.2) is 8.78 Å². The highest BCUT2D eigenvalue weighted by molar-refractivity contribution is 5.78. The van der Waals surface area contributed by atoms with Crippen LogP contribution in [0.4, 0.5) is 8.78 Å². The van der Waals surface area contributed by atoms with E-state index in [0.717, 1.165) is 0 Å². The Morgan fingerprint density at radius 1 is 1.54 bits per heavy atom. The Kier molecular flexibility index (Phi) is 2.85. The van der Waals surface area contributed by atoms with E-state index in [1.807, 2.05) is 0 Å². The molecule has 0 saturated carbocycles. The lowest BCUT2D eigenvalue weighted by atomic mass is 10.3. The lowest BCUT2D eigenvalue weighted by molar-refractivity contribution is -0.132. The van der Waals surface area contributed by atoms with Crippen LogP contribution in [0.1, 0.15) is 6.42 Å². The van der Waals surface area contributed by atoms with Gasteiger partial charge >= 0.3 is 0 Å². The SMILES string of the molecule is CN(C)CC(=O)N1CCC(F)(F)C1. The Morgan fingerprint density at radius 2 is 2.15 bits per heavy atom. The van der Waals surface area contributed by atoms with E-state index in [9.17, 15) is 13.6 Å². The standard InChI is InChI=1S/C8H14F2N2O/c1-11(2)5-7(13)12-4-3-8(9,10)6-12/h3-6H2,1-2H3. The zero-order valence-corrected chi connectivity index (χ0v) is 7.89. The van der Waals surface area contributed by atoms with Crippen LogP contribution in [0, 0.1) is 0 Å². The van der Waals surface area contributed by atoms with Crippen molar-refractivity contribution in [3.63, 3.8) is 0 Å². The van der Waals surface area contributed by atoms with Crippen LogP contribution in [0.15, 0.2) is 0 Å². The molecule has 0 unspecified atom stereocenters. The van der Waals surface area contributed by atoms with Gasteiger partial charge in [0.15, 0.2) is 0 Å². The van der Waals surface area contributed by atoms with E-state index >= 15 is 0 Å². The number of hydrogen-bond acceptors (Lipinski definition) is 2. The summed E-state index contributed by atoms with van der Waals surface area (Å²) in [6, 6.07) is 0. The molecule has 0 atom stereocenters. The molecule has 0 radical (unpaired) electrons. The number of rotatable bonds is 2. The van der Waals surface area contributed by atoms with Crippen molar-refractivity contribution in [1.82, 2.24) is 9.80 Å². The fourth-order valence-electron chi connectivity index (χ4n) is 1.32. The predicted molar refractivity (Wildman–Crippen MR) is 44.7 cm³/mol. The summed E-state index contributed by atoms with van der Waals surface area (Å²) in [5.41, 5.74) is 0. The Morgan fingerprint density at radius 3 is 2.54 bits per heavy atom. The first-order valence-corrected chi connectivity index (χ1v) is 4.21. The van der Waals surface area contributed by atoms with Gasteiger partial charge in [0.25, 0.3) is 5.92 Å². The van der Waals surface area contributed by atoms with Crippen molar-refractivity contribution in [3.05, 3.63) is 0 Å². The summed E-state index contributed by atoms with van der Waals surface area (Å²) in [5.74, 6) is -2.90. The molecule has 1 rings (SSSR count). The highest BCUT2D eigenvalue weighted by atomic mass is 19.3. The second-order valence-corrected chi connectivity index (χ2v) is 3.66. The van der Waals surface area contributed by atoms with Gasteiger partial charge in [-0.05, 0) is 14.1 Å². The maximum absolute atomic E-state index is 12.7. The van der Waals surface area contributed by atoms with Gasteiger partial charge in [0.1, 0.15) is 0 Å². The first-order chi connectivity index (χ1) is 5.91. The zero-order valence-electron chi connectivity index (χ0n) is 7.89. The maximum atomic E-state index is 12.7. The van der Waals surface area contributed by atoms with Crippen molar-refractivity contribution in [2.45, 2.75) is 12.3 Å². The molecule has 0 aliphatic carbocycles. The van der Waals surface area contributed by atoms with E-state index in [-0.39, 0.29) is 25.4 Å². The first-order valence-electron chi connectivity index (χ1n) is 4.21. The summed E-state index contributed by atoms with van der Waals surface area (Å²) in [7, 11) is 3.48. The Balaban J connectivity index is 2.42. The Hall–Kier alpha value is -0.710. The highest BCUT2D eigenvalue weighted by Gasteiger charge is 2.39. The monoisotopic (exact) mass is 192 g/mol. The van der Waals surface area contributed by atoms with E-state index in [1.54, 1.807) is 19.0 Å². The molecule has 1 aliphatic rings. The number of amides is 1. The largest absolute Gasteiger partial charge is 0.335 e. The molecule has 1 saturated heterocycles. The van der Waals surface area contributed by atoms with Gasteiger partial charge in [0, 0.05) is 13.0 Å². The fraction of sp³-hybridized carbons (Fsp3) is 0.875. The molecule has 1 amide bonds. The molecule has 1 heterocycles. The van der Waals surface area contributed by atoms with E-state index in [2.05, 4.69) is 0 Å². The number of likely N-dealkylation sites (tertiary alicyclic amines) is 1. The molecular formula is C8H14F2N2O. The molecule has 3 nitrogen and oxygen atoms in total. The van der Waals surface area contributed by atoms with Gasteiger partial charge in [-0.3, -0.25) is 4.79 Å². The van der Waals surface area contributed by atoms with Gasteiger partial charge in [-0.2, -0.15) is 0 Å². The molecule has 0 spiro atoms. The van der Waals surface area contributed by atoms with E-state index in [4.69, 9.17) is 0 Å². The van der Waals surface area contributed by atoms with Crippen molar-refractivity contribution >= 4 is 5.91 Å². The minimum atomic E-state index is -2.68. The highest BCUT2D eigenvalue weighted by Crippen LogP contribution is 2.26. The van der Waals surface area contributed by atoms with Crippen LogP contribution in [0.5, 0.6) is 0 Å². The number of carbonyl (C=O) groups excluding carboxylic acids is 1. The molecule has 0 aromatic rings. The average molecular weight is 192 g/mol. The van der Waals surface area contributed by atoms with E-state index < -0.39 is 12.5 Å². The number of nitrogens with zero attached hydrogens (tertiary/aromatic N) is 2. The van der Waals surface area contributed by atoms with Crippen molar-refractivity contribution in [1.29, 1.82) is 0 Å². The van der Waals surface area contributed by atoms with Crippen molar-refractivity contribution in [3.8, 4) is 0 Å². The summed E-state index contributed by atoms with van der Waals surface area (Å²) >= 11 is 0. The molecule has 0 aromatic heterocycles.